The second kappa shape index (κ2) is 37.1. The smallest absolute Gasteiger partial charge is 0.290 e. The molecule has 1 unspecified atom stereocenters. The zero-order valence-electron chi connectivity index (χ0n) is 23.5. The van der Waals surface area contributed by atoms with E-state index in [9.17, 15) is 9.59 Å². The molecular weight excluding hydrogens is 442 g/mol. The third kappa shape index (κ3) is 40.0. The van der Waals surface area contributed by atoms with Gasteiger partial charge < -0.3 is 25.9 Å². The topological polar surface area (TPSA) is 108 Å². The van der Waals surface area contributed by atoms with Crippen molar-refractivity contribution < 1.29 is 19.5 Å². The molecule has 0 radical (unpaired) electrons. The van der Waals surface area contributed by atoms with Crippen molar-refractivity contribution in [1.29, 1.82) is 0 Å². The van der Waals surface area contributed by atoms with Crippen LogP contribution >= 0.6 is 0 Å². The van der Waals surface area contributed by atoms with Gasteiger partial charge in [0.25, 0.3) is 6.47 Å². The summed E-state index contributed by atoms with van der Waals surface area (Å²) in [5, 5.41) is 15.8. The molecule has 0 rings (SSSR count). The van der Waals surface area contributed by atoms with Gasteiger partial charge in [-0.15, -0.1) is 0 Å². The number of aldehydes is 1. The van der Waals surface area contributed by atoms with Crippen LogP contribution in [0.1, 0.15) is 130 Å². The molecule has 0 aromatic rings. The van der Waals surface area contributed by atoms with Gasteiger partial charge in [-0.1, -0.05) is 111 Å². The maximum Gasteiger partial charge on any atom is 0.290 e. The van der Waals surface area contributed by atoms with Gasteiger partial charge in [0.1, 0.15) is 6.29 Å². The van der Waals surface area contributed by atoms with E-state index in [1.807, 2.05) is 14.0 Å². The number of likely N-dealkylation sites (N-methyl/N-ethyl adjacent to an activating group) is 1. The minimum Gasteiger partial charge on any atom is -0.483 e. The number of hydrogen-bond acceptors (Lipinski definition) is 5. The first kappa shape index (κ1) is 38.1. The summed E-state index contributed by atoms with van der Waals surface area (Å²) in [5.41, 5.74) is 0. The highest BCUT2D eigenvalue weighted by atomic mass is 16.3. The summed E-state index contributed by atoms with van der Waals surface area (Å²) in [6.45, 7) is 8.49. The van der Waals surface area contributed by atoms with E-state index in [0.29, 0.717) is 19.4 Å². The second-order valence-corrected chi connectivity index (χ2v) is 8.95. The molecule has 0 saturated heterocycles. The number of carbonyl (C=O) groups excluding carboxylic acids is 2. The zero-order valence-corrected chi connectivity index (χ0v) is 23.5. The molecular formula is C28H59N3O4. The number of carbonyl (C=O) groups is 3. The van der Waals surface area contributed by atoms with Crippen LogP contribution in [-0.4, -0.2) is 56.5 Å². The Hall–Kier alpha value is -1.47. The first-order valence-corrected chi connectivity index (χ1v) is 14.2. The first-order valence-electron chi connectivity index (χ1n) is 14.2. The van der Waals surface area contributed by atoms with Crippen LogP contribution in [0.5, 0.6) is 0 Å². The molecule has 4 N–H and O–H groups in total. The predicted octanol–water partition coefficient (Wildman–Crippen LogP) is 5.86. The van der Waals surface area contributed by atoms with Gasteiger partial charge in [0.2, 0.25) is 5.91 Å². The first-order chi connectivity index (χ1) is 17.1. The largest absolute Gasteiger partial charge is 0.483 e. The minimum atomic E-state index is -0.250. The molecule has 0 aromatic carbocycles. The van der Waals surface area contributed by atoms with Crippen molar-refractivity contribution in [2.24, 2.45) is 0 Å². The van der Waals surface area contributed by atoms with Crippen LogP contribution in [0.4, 0.5) is 0 Å². The highest BCUT2D eigenvalue weighted by Gasteiger charge is 2.06. The molecule has 0 spiro atoms. The van der Waals surface area contributed by atoms with E-state index in [-0.39, 0.29) is 18.4 Å². The van der Waals surface area contributed by atoms with Crippen LogP contribution in [0.3, 0.4) is 0 Å². The van der Waals surface area contributed by atoms with E-state index < -0.39 is 0 Å². The molecule has 35 heavy (non-hydrogen) atoms. The monoisotopic (exact) mass is 501 g/mol. The summed E-state index contributed by atoms with van der Waals surface area (Å²) >= 11 is 0. The minimum absolute atomic E-state index is 0.121. The predicted molar refractivity (Wildman–Crippen MR) is 149 cm³/mol. The fourth-order valence-electron chi connectivity index (χ4n) is 3.59. The van der Waals surface area contributed by atoms with Gasteiger partial charge in [-0.2, -0.15) is 0 Å². The Bertz CT molecular complexity index is 421. The summed E-state index contributed by atoms with van der Waals surface area (Å²) < 4.78 is 0. The molecule has 0 aliphatic carbocycles. The van der Waals surface area contributed by atoms with Crippen molar-refractivity contribution in [3.05, 3.63) is 0 Å². The summed E-state index contributed by atoms with van der Waals surface area (Å²) in [6, 6.07) is -0.143. The van der Waals surface area contributed by atoms with Crippen LogP contribution in [0.15, 0.2) is 0 Å². The lowest BCUT2D eigenvalue weighted by Gasteiger charge is -2.11. The number of rotatable bonds is 23. The van der Waals surface area contributed by atoms with Crippen LogP contribution < -0.4 is 16.0 Å². The van der Waals surface area contributed by atoms with E-state index in [0.717, 1.165) is 32.2 Å². The molecule has 7 heteroatoms. The molecule has 1 amide bonds. The van der Waals surface area contributed by atoms with E-state index >= 15 is 0 Å². The van der Waals surface area contributed by atoms with Crippen molar-refractivity contribution in [3.63, 3.8) is 0 Å². The van der Waals surface area contributed by atoms with Crippen LogP contribution in [0.25, 0.3) is 0 Å². The van der Waals surface area contributed by atoms with Gasteiger partial charge in [-0.05, 0) is 33.0 Å². The van der Waals surface area contributed by atoms with Crippen molar-refractivity contribution >= 4 is 18.7 Å². The molecule has 0 heterocycles. The van der Waals surface area contributed by atoms with Gasteiger partial charge in [-0.25, -0.2) is 0 Å². The van der Waals surface area contributed by atoms with E-state index in [1.165, 1.54) is 83.5 Å². The number of hydrogen-bond donors (Lipinski definition) is 4. The lowest BCUT2D eigenvalue weighted by Crippen LogP contribution is -2.35. The van der Waals surface area contributed by atoms with Crippen LogP contribution in [0.2, 0.25) is 0 Å². The lowest BCUT2D eigenvalue weighted by atomic mass is 10.0. The number of carboxylic acid groups (broad SMARTS) is 1. The zero-order chi connectivity index (χ0) is 26.8. The van der Waals surface area contributed by atoms with Gasteiger partial charge in [0, 0.05) is 13.0 Å². The Kier molecular flexibility index (Phi) is 40.3. The van der Waals surface area contributed by atoms with Gasteiger partial charge in [0.05, 0.1) is 6.04 Å². The molecule has 0 aliphatic rings. The quantitative estimate of drug-likeness (QED) is 0.103. The Labute approximate surface area is 217 Å². The number of nitrogens with one attached hydrogen (secondary N) is 3. The SMILES string of the molecule is CCCCCCCCCCCCCCCCCC(=O)NCCC(C=O)NCC.CCNC.O=CO. The van der Waals surface area contributed by atoms with Gasteiger partial charge in [-0.3, -0.25) is 9.59 Å². The number of unbranched alkanes of at least 4 members (excludes halogenated alkanes) is 14. The normalized spacial score (nSPS) is 10.9. The van der Waals surface area contributed by atoms with Gasteiger partial charge >= 0.3 is 0 Å². The Balaban J connectivity index is -0.00000129. The summed E-state index contributed by atoms with van der Waals surface area (Å²) in [4.78, 5) is 31.0. The molecule has 0 aromatic heterocycles. The second-order valence-electron chi connectivity index (χ2n) is 8.95. The van der Waals surface area contributed by atoms with Crippen molar-refractivity contribution in [2.45, 2.75) is 136 Å². The molecule has 0 bridgehead atoms. The van der Waals surface area contributed by atoms with E-state index in [4.69, 9.17) is 9.90 Å². The molecule has 210 valence electrons. The average molecular weight is 502 g/mol. The molecule has 0 saturated carbocycles. The Morgan fingerprint density at radius 2 is 1.14 bits per heavy atom. The van der Waals surface area contributed by atoms with E-state index in [2.05, 4.69) is 29.8 Å². The molecule has 1 atom stereocenters. The van der Waals surface area contributed by atoms with Gasteiger partial charge in [0.15, 0.2) is 0 Å². The highest BCUT2D eigenvalue weighted by Crippen LogP contribution is 2.13. The maximum atomic E-state index is 11.8. The van der Waals surface area contributed by atoms with E-state index in [1.54, 1.807) is 0 Å². The number of amides is 1. The van der Waals surface area contributed by atoms with Crippen molar-refractivity contribution in [2.75, 3.05) is 26.7 Å². The molecule has 7 nitrogen and oxygen atoms in total. The van der Waals surface area contributed by atoms with Crippen LogP contribution in [0, 0.1) is 0 Å². The fourth-order valence-corrected chi connectivity index (χ4v) is 3.59. The average Bonchev–Trinajstić information content (AvgIpc) is 2.86. The Morgan fingerprint density at radius 3 is 1.49 bits per heavy atom. The third-order valence-corrected chi connectivity index (χ3v) is 5.77. The van der Waals surface area contributed by atoms with Crippen molar-refractivity contribution in [3.8, 4) is 0 Å². The lowest BCUT2D eigenvalue weighted by molar-refractivity contribution is -0.123. The summed E-state index contributed by atoms with van der Waals surface area (Å²) in [6.07, 6.45) is 22.3. The summed E-state index contributed by atoms with van der Waals surface area (Å²) in [7, 11) is 1.93. The maximum absolute atomic E-state index is 11.8. The Morgan fingerprint density at radius 1 is 0.743 bits per heavy atom. The fraction of sp³-hybridized carbons (Fsp3) is 0.893. The molecule has 0 fully saturated rings. The third-order valence-electron chi connectivity index (χ3n) is 5.77. The molecule has 0 aliphatic heterocycles. The summed E-state index contributed by atoms with van der Waals surface area (Å²) in [5.74, 6) is 0.121. The standard InChI is InChI=1S/C24H48N2O2.C3H9N.CH2O2/c1-3-5-6-7-8-9-10-11-12-13-14-15-16-17-18-19-24(28)26-21-20-23(22-27)25-4-2;1-3-4-2;2-1-3/h22-23,25H,3-21H2,1-2H3,(H,26,28);4H,3H2,1-2H3;1H,(H,2,3). The highest BCUT2D eigenvalue weighted by molar-refractivity contribution is 5.75. The van der Waals surface area contributed by atoms with Crippen molar-refractivity contribution in [1.82, 2.24) is 16.0 Å². The van der Waals surface area contributed by atoms with Crippen LogP contribution in [-0.2, 0) is 14.4 Å².